The Morgan fingerprint density at radius 1 is 1.14 bits per heavy atom. The van der Waals surface area contributed by atoms with Crippen molar-refractivity contribution in [2.75, 3.05) is 23.3 Å². The van der Waals surface area contributed by atoms with Crippen LogP contribution in [0, 0.1) is 0 Å². The van der Waals surface area contributed by atoms with Crippen molar-refractivity contribution in [2.24, 2.45) is 5.73 Å². The number of hydrogen-bond acceptors (Lipinski definition) is 8. The lowest BCUT2D eigenvalue weighted by Crippen LogP contribution is -2.64. The maximum absolute atomic E-state index is 11.4. The fourth-order valence-electron chi connectivity index (χ4n) is 5.38. The van der Waals surface area contributed by atoms with Crippen molar-refractivity contribution in [1.82, 2.24) is 24.5 Å². The second-order valence-electron chi connectivity index (χ2n) is 9.55. The quantitative estimate of drug-likeness (QED) is 0.439. The summed E-state index contributed by atoms with van der Waals surface area (Å²) in [6, 6.07) is 11.9. The van der Waals surface area contributed by atoms with Gasteiger partial charge in [0.1, 0.15) is 12.6 Å². The number of carbonyl (C=O) groups excluding carboxylic acids is 1. The molecule has 3 aromatic heterocycles. The Balaban J connectivity index is 1.22. The van der Waals surface area contributed by atoms with Gasteiger partial charge >= 0.3 is 0 Å². The molecule has 6 heterocycles. The minimum absolute atomic E-state index is 0.0781. The zero-order valence-electron chi connectivity index (χ0n) is 19.8. The molecule has 2 bridgehead atoms. The number of amides is 1. The van der Waals surface area contributed by atoms with Crippen LogP contribution in [-0.2, 0) is 0 Å². The van der Waals surface area contributed by atoms with Gasteiger partial charge in [0.15, 0.2) is 17.2 Å². The van der Waals surface area contributed by atoms with Gasteiger partial charge in [-0.2, -0.15) is 5.10 Å². The van der Waals surface area contributed by atoms with E-state index in [1.54, 1.807) is 16.8 Å². The molecule has 180 valence electrons. The maximum Gasteiger partial charge on any atom is 0.284 e. The SMILES string of the molecule is CC(C)N1C[C@H]2CC[C@@H]1CN2c1ccc(Nc2ncc(-c3coc(C(N)=O)c3)n3ncnc23)cc1. The van der Waals surface area contributed by atoms with E-state index in [2.05, 4.69) is 68.3 Å². The first kappa shape index (κ1) is 21.6. The number of rotatable bonds is 6. The Kier molecular flexibility index (Phi) is 5.18. The molecule has 1 amide bonds. The number of furan rings is 1. The van der Waals surface area contributed by atoms with E-state index >= 15 is 0 Å². The third-order valence-electron chi connectivity index (χ3n) is 7.14. The number of nitrogens with zero attached hydrogens (tertiary/aromatic N) is 6. The summed E-state index contributed by atoms with van der Waals surface area (Å²) >= 11 is 0. The molecule has 35 heavy (non-hydrogen) atoms. The number of hydrogen-bond donors (Lipinski definition) is 2. The number of primary amides is 1. The maximum atomic E-state index is 11.4. The van der Waals surface area contributed by atoms with E-state index in [9.17, 15) is 4.79 Å². The van der Waals surface area contributed by atoms with E-state index in [0.717, 1.165) is 18.8 Å². The molecule has 2 atom stereocenters. The predicted molar refractivity (Wildman–Crippen MR) is 133 cm³/mol. The number of nitrogens with one attached hydrogen (secondary N) is 1. The Labute approximate surface area is 202 Å². The highest BCUT2D eigenvalue weighted by molar-refractivity contribution is 5.91. The molecule has 0 unspecified atom stereocenters. The van der Waals surface area contributed by atoms with Crippen LogP contribution in [0.2, 0.25) is 0 Å². The second-order valence-corrected chi connectivity index (χ2v) is 9.55. The van der Waals surface area contributed by atoms with Crippen LogP contribution in [0.15, 0.2) is 53.5 Å². The highest BCUT2D eigenvalue weighted by Gasteiger charge is 2.39. The number of piperazine rings is 1. The van der Waals surface area contributed by atoms with Crippen molar-refractivity contribution in [3.8, 4) is 11.3 Å². The van der Waals surface area contributed by atoms with Crippen LogP contribution in [0.5, 0.6) is 0 Å². The van der Waals surface area contributed by atoms with Gasteiger partial charge in [0.25, 0.3) is 5.91 Å². The summed E-state index contributed by atoms with van der Waals surface area (Å²) in [6.45, 7) is 6.82. The number of nitrogens with two attached hydrogens (primary N) is 1. The molecule has 0 spiro atoms. The Hall–Kier alpha value is -3.92. The molecule has 0 aliphatic carbocycles. The van der Waals surface area contributed by atoms with Gasteiger partial charge < -0.3 is 20.4 Å². The molecular weight excluding hydrogens is 444 g/mol. The van der Waals surface area contributed by atoms with Crippen molar-refractivity contribution in [3.05, 3.63) is 54.9 Å². The van der Waals surface area contributed by atoms with Crippen molar-refractivity contribution in [2.45, 2.75) is 44.8 Å². The molecule has 1 aromatic carbocycles. The van der Waals surface area contributed by atoms with Crippen LogP contribution < -0.4 is 16.0 Å². The average molecular weight is 473 g/mol. The van der Waals surface area contributed by atoms with E-state index in [1.165, 1.54) is 31.1 Å². The monoisotopic (exact) mass is 472 g/mol. The molecule has 3 aliphatic heterocycles. The van der Waals surface area contributed by atoms with Crippen LogP contribution in [0.25, 0.3) is 16.9 Å². The third kappa shape index (κ3) is 3.79. The Bertz CT molecular complexity index is 1380. The molecule has 3 saturated heterocycles. The smallest absolute Gasteiger partial charge is 0.284 e. The lowest BCUT2D eigenvalue weighted by molar-refractivity contribution is 0.0674. The molecule has 0 radical (unpaired) electrons. The van der Waals surface area contributed by atoms with E-state index in [1.807, 2.05) is 0 Å². The third-order valence-corrected chi connectivity index (χ3v) is 7.14. The van der Waals surface area contributed by atoms with Gasteiger partial charge in [-0.1, -0.05) is 0 Å². The fraction of sp³-hybridized carbons (Fsp3) is 0.360. The van der Waals surface area contributed by atoms with Crippen LogP contribution >= 0.6 is 0 Å². The molecule has 0 saturated carbocycles. The average Bonchev–Trinajstić information content (AvgIpc) is 3.56. The highest BCUT2D eigenvalue weighted by atomic mass is 16.3. The summed E-state index contributed by atoms with van der Waals surface area (Å²) in [7, 11) is 0. The number of anilines is 3. The van der Waals surface area contributed by atoms with E-state index in [4.69, 9.17) is 10.2 Å². The van der Waals surface area contributed by atoms with E-state index in [0.29, 0.717) is 40.8 Å². The number of aromatic nitrogens is 4. The van der Waals surface area contributed by atoms with Crippen molar-refractivity contribution in [1.29, 1.82) is 0 Å². The van der Waals surface area contributed by atoms with Gasteiger partial charge in [-0.3, -0.25) is 9.69 Å². The minimum atomic E-state index is -0.629. The number of carbonyl (C=O) groups is 1. The lowest BCUT2D eigenvalue weighted by atomic mass is 9.89. The fourth-order valence-corrected chi connectivity index (χ4v) is 5.38. The molecule has 3 fully saturated rings. The number of benzene rings is 1. The summed E-state index contributed by atoms with van der Waals surface area (Å²) in [5.41, 5.74) is 9.34. The molecule has 10 heteroatoms. The van der Waals surface area contributed by atoms with Gasteiger partial charge in [0.2, 0.25) is 0 Å². The molecule has 10 nitrogen and oxygen atoms in total. The summed E-state index contributed by atoms with van der Waals surface area (Å²) < 4.78 is 6.90. The van der Waals surface area contributed by atoms with Gasteiger partial charge in [0, 0.05) is 48.2 Å². The zero-order valence-corrected chi connectivity index (χ0v) is 19.8. The Morgan fingerprint density at radius 3 is 2.63 bits per heavy atom. The summed E-state index contributed by atoms with van der Waals surface area (Å²) in [4.78, 5) is 25.5. The molecule has 3 N–H and O–H groups in total. The van der Waals surface area contributed by atoms with Crippen molar-refractivity contribution < 1.29 is 9.21 Å². The first-order valence-electron chi connectivity index (χ1n) is 11.9. The lowest BCUT2D eigenvalue weighted by Gasteiger charge is -2.54. The standard InChI is InChI=1S/C25H28N8O2/c1-15(2)31-11-20-8-7-19(31)12-32(20)18-5-3-17(4-6-18)30-24-25-28-14-29-33(25)21(10-27-24)16-9-22(23(26)34)35-13-16/h3-6,9-10,13-15,19-20H,7-8,11-12H2,1-2H3,(H2,26,34)(H,27,30)/t19-,20-/m1/s1. The van der Waals surface area contributed by atoms with Crippen LogP contribution in [-0.4, -0.2) is 61.6 Å². The molecule has 3 aliphatic rings. The predicted octanol–water partition coefficient (Wildman–Crippen LogP) is 3.29. The van der Waals surface area contributed by atoms with Crippen molar-refractivity contribution in [3.63, 3.8) is 0 Å². The van der Waals surface area contributed by atoms with Gasteiger partial charge in [-0.15, -0.1) is 0 Å². The topological polar surface area (TPSA) is 118 Å². The van der Waals surface area contributed by atoms with Crippen LogP contribution in [0.1, 0.15) is 37.2 Å². The van der Waals surface area contributed by atoms with Crippen molar-refractivity contribution >= 4 is 28.7 Å². The van der Waals surface area contributed by atoms with Gasteiger partial charge in [0.05, 0.1) is 11.9 Å². The Morgan fingerprint density at radius 2 is 1.94 bits per heavy atom. The molecule has 7 rings (SSSR count). The molecular formula is C25H28N8O2. The normalized spacial score (nSPS) is 20.1. The zero-order chi connectivity index (χ0) is 24.1. The van der Waals surface area contributed by atoms with Gasteiger partial charge in [-0.25, -0.2) is 14.5 Å². The second kappa shape index (κ2) is 8.38. The van der Waals surface area contributed by atoms with E-state index in [-0.39, 0.29) is 5.76 Å². The largest absolute Gasteiger partial charge is 0.458 e. The number of piperidine rings is 2. The van der Waals surface area contributed by atoms with Crippen LogP contribution in [0.3, 0.4) is 0 Å². The minimum Gasteiger partial charge on any atom is -0.458 e. The van der Waals surface area contributed by atoms with Crippen LogP contribution in [0.4, 0.5) is 17.2 Å². The van der Waals surface area contributed by atoms with Gasteiger partial charge in [-0.05, 0) is 57.0 Å². The first-order valence-corrected chi connectivity index (χ1v) is 11.9. The molecule has 4 aromatic rings. The number of fused-ring (bicyclic) bond motifs is 4. The van der Waals surface area contributed by atoms with E-state index < -0.39 is 5.91 Å². The highest BCUT2D eigenvalue weighted by Crippen LogP contribution is 2.34. The summed E-state index contributed by atoms with van der Waals surface area (Å²) in [5, 5.41) is 7.69. The first-order chi connectivity index (χ1) is 17.0. The summed E-state index contributed by atoms with van der Waals surface area (Å²) in [5.74, 6) is 0.0343. The summed E-state index contributed by atoms with van der Waals surface area (Å²) in [6.07, 6.45) is 7.14.